The molecule has 0 radical (unpaired) electrons. The van der Waals surface area contributed by atoms with Crippen molar-refractivity contribution in [2.75, 3.05) is 5.73 Å². The third-order valence-corrected chi connectivity index (χ3v) is 3.38. The minimum Gasteiger partial charge on any atom is -0.380 e. The van der Waals surface area contributed by atoms with Gasteiger partial charge in [-0.05, 0) is 12.1 Å². The molecule has 0 amide bonds. The molecule has 0 saturated heterocycles. The summed E-state index contributed by atoms with van der Waals surface area (Å²) in [5, 5.41) is 4.71. The highest BCUT2D eigenvalue weighted by Crippen LogP contribution is 2.42. The lowest BCUT2D eigenvalue weighted by Crippen LogP contribution is -1.91. The molecule has 3 aromatic rings. The van der Waals surface area contributed by atoms with Crippen molar-refractivity contribution in [3.05, 3.63) is 47.0 Å². The van der Waals surface area contributed by atoms with Crippen LogP contribution in [0.3, 0.4) is 0 Å². The van der Waals surface area contributed by atoms with Gasteiger partial charge in [-0.15, -0.1) is 0 Å². The zero-order chi connectivity index (χ0) is 14.1. The normalized spacial score (nSPS) is 10.7. The lowest BCUT2D eigenvalue weighted by molar-refractivity contribution is 0.436. The highest BCUT2D eigenvalue weighted by Gasteiger charge is 2.22. The van der Waals surface area contributed by atoms with Crippen molar-refractivity contribution in [2.24, 2.45) is 0 Å². The van der Waals surface area contributed by atoms with Crippen molar-refractivity contribution in [3.8, 4) is 22.5 Å². The molecular weight excluding hydrogens is 299 g/mol. The number of nitrogens with two attached hydrogens (primary N) is 1. The first-order valence-electron chi connectivity index (χ1n) is 5.63. The van der Waals surface area contributed by atoms with Crippen molar-refractivity contribution in [3.63, 3.8) is 0 Å². The quantitative estimate of drug-likeness (QED) is 0.781. The second kappa shape index (κ2) is 5.11. The molecule has 0 unspecified atom stereocenters. The number of anilines is 1. The van der Waals surface area contributed by atoms with Crippen molar-refractivity contribution in [2.45, 2.75) is 0 Å². The highest BCUT2D eigenvalue weighted by molar-refractivity contribution is 6.39. The first-order chi connectivity index (χ1) is 9.68. The third kappa shape index (κ3) is 2.11. The van der Waals surface area contributed by atoms with Gasteiger partial charge in [0.05, 0.1) is 21.2 Å². The summed E-state index contributed by atoms with van der Waals surface area (Å²) < 4.78 is 5.27. The number of halogens is 2. The molecule has 20 heavy (non-hydrogen) atoms. The van der Waals surface area contributed by atoms with Crippen LogP contribution in [0.2, 0.25) is 10.0 Å². The fourth-order valence-electron chi connectivity index (χ4n) is 1.89. The Morgan fingerprint density at radius 3 is 2.30 bits per heavy atom. The van der Waals surface area contributed by atoms with E-state index in [9.17, 15) is 0 Å². The third-order valence-electron chi connectivity index (χ3n) is 2.75. The van der Waals surface area contributed by atoms with E-state index in [1.54, 1.807) is 30.6 Å². The summed E-state index contributed by atoms with van der Waals surface area (Å²) >= 11 is 12.4. The maximum Gasteiger partial charge on any atom is 0.180 e. The molecule has 100 valence electrons. The maximum atomic E-state index is 6.21. The Kier molecular flexibility index (Phi) is 3.30. The average Bonchev–Trinajstić information content (AvgIpc) is 2.82. The van der Waals surface area contributed by atoms with Crippen LogP contribution in [0, 0.1) is 0 Å². The number of nitrogens with zero attached hydrogens (tertiary/aromatic N) is 3. The van der Waals surface area contributed by atoms with Gasteiger partial charge in [0, 0.05) is 18.0 Å². The summed E-state index contributed by atoms with van der Waals surface area (Å²) in [7, 11) is 0. The fourth-order valence-corrected chi connectivity index (χ4v) is 2.48. The summed E-state index contributed by atoms with van der Waals surface area (Å²) in [6, 6.07) is 5.20. The first-order valence-corrected chi connectivity index (χ1v) is 6.39. The molecule has 0 aliphatic carbocycles. The summed E-state index contributed by atoms with van der Waals surface area (Å²) in [6.07, 6.45) is 4.62. The molecule has 0 saturated carbocycles. The van der Waals surface area contributed by atoms with Gasteiger partial charge in [0.2, 0.25) is 0 Å². The molecule has 0 aliphatic heterocycles. The fraction of sp³-hybridized carbons (Fsp3) is 0. The second-order valence-corrected chi connectivity index (χ2v) is 4.81. The molecule has 0 bridgehead atoms. The molecule has 0 atom stereocenters. The zero-order valence-corrected chi connectivity index (χ0v) is 11.6. The van der Waals surface area contributed by atoms with E-state index in [4.69, 9.17) is 33.5 Å². The van der Waals surface area contributed by atoms with Crippen LogP contribution in [0.15, 0.2) is 41.4 Å². The average molecular weight is 307 g/mol. The molecule has 0 spiro atoms. The van der Waals surface area contributed by atoms with Crippen molar-refractivity contribution in [1.29, 1.82) is 0 Å². The van der Waals surface area contributed by atoms with Crippen molar-refractivity contribution >= 4 is 29.0 Å². The molecule has 2 aromatic heterocycles. The van der Waals surface area contributed by atoms with Crippen LogP contribution < -0.4 is 5.73 Å². The first kappa shape index (κ1) is 12.9. The summed E-state index contributed by atoms with van der Waals surface area (Å²) in [5.41, 5.74) is 7.64. The van der Waals surface area contributed by atoms with Gasteiger partial charge < -0.3 is 10.3 Å². The second-order valence-electron chi connectivity index (χ2n) is 4.00. The van der Waals surface area contributed by atoms with Crippen LogP contribution in [0.1, 0.15) is 0 Å². The van der Waals surface area contributed by atoms with Gasteiger partial charge >= 0.3 is 0 Å². The SMILES string of the molecule is Nc1noc(-c2cncnc2)c1-c1c(Cl)cccc1Cl. The predicted molar refractivity (Wildman–Crippen MR) is 77.4 cm³/mol. The molecule has 2 heterocycles. The van der Waals surface area contributed by atoms with E-state index < -0.39 is 0 Å². The van der Waals surface area contributed by atoms with E-state index in [1.807, 2.05) is 0 Å². The van der Waals surface area contributed by atoms with Crippen molar-refractivity contribution < 1.29 is 4.52 Å². The van der Waals surface area contributed by atoms with Gasteiger partial charge in [-0.3, -0.25) is 0 Å². The van der Waals surface area contributed by atoms with Gasteiger partial charge in [0.1, 0.15) is 6.33 Å². The van der Waals surface area contributed by atoms with E-state index in [0.717, 1.165) is 0 Å². The monoisotopic (exact) mass is 306 g/mol. The van der Waals surface area contributed by atoms with Crippen LogP contribution in [0.25, 0.3) is 22.5 Å². The molecule has 0 fully saturated rings. The van der Waals surface area contributed by atoms with Crippen LogP contribution in [-0.2, 0) is 0 Å². The van der Waals surface area contributed by atoms with Gasteiger partial charge in [-0.1, -0.05) is 34.4 Å². The Labute approximate surface area is 124 Å². The number of aromatic nitrogens is 3. The lowest BCUT2D eigenvalue weighted by Gasteiger charge is -2.07. The smallest absolute Gasteiger partial charge is 0.180 e. The lowest BCUT2D eigenvalue weighted by atomic mass is 10.0. The van der Waals surface area contributed by atoms with Crippen LogP contribution in [0.5, 0.6) is 0 Å². The Bertz CT molecular complexity index is 738. The Morgan fingerprint density at radius 1 is 1.00 bits per heavy atom. The molecule has 5 nitrogen and oxygen atoms in total. The van der Waals surface area contributed by atoms with E-state index in [2.05, 4.69) is 15.1 Å². The number of rotatable bonds is 2. The van der Waals surface area contributed by atoms with E-state index in [-0.39, 0.29) is 5.82 Å². The Hall–Kier alpha value is -2.11. The van der Waals surface area contributed by atoms with Gasteiger partial charge in [0.15, 0.2) is 11.6 Å². The van der Waals surface area contributed by atoms with E-state index in [0.29, 0.717) is 32.5 Å². The largest absolute Gasteiger partial charge is 0.380 e. The minimum atomic E-state index is 0.207. The number of benzene rings is 1. The molecule has 3 rings (SSSR count). The number of hydrogen-bond acceptors (Lipinski definition) is 5. The standard InChI is InChI=1S/C13H8Cl2N4O/c14-8-2-1-3-9(15)10(8)11-12(20-19-13(11)16)7-4-17-6-18-5-7/h1-6H,(H2,16,19). The summed E-state index contributed by atoms with van der Waals surface area (Å²) in [6.45, 7) is 0. The van der Waals surface area contributed by atoms with Crippen LogP contribution in [0.4, 0.5) is 5.82 Å². The predicted octanol–water partition coefficient (Wildman–Crippen LogP) is 3.69. The molecular formula is C13H8Cl2N4O. The number of nitrogen functional groups attached to an aromatic ring is 1. The summed E-state index contributed by atoms with van der Waals surface area (Å²) in [4.78, 5) is 7.89. The van der Waals surface area contributed by atoms with E-state index >= 15 is 0 Å². The maximum absolute atomic E-state index is 6.21. The van der Waals surface area contributed by atoms with Crippen molar-refractivity contribution in [1.82, 2.24) is 15.1 Å². The Morgan fingerprint density at radius 2 is 1.65 bits per heavy atom. The Balaban J connectivity index is 2.28. The van der Waals surface area contributed by atoms with Gasteiger partial charge in [-0.2, -0.15) is 0 Å². The van der Waals surface area contributed by atoms with Crippen LogP contribution in [-0.4, -0.2) is 15.1 Å². The highest BCUT2D eigenvalue weighted by atomic mass is 35.5. The molecule has 0 aliphatic rings. The molecule has 1 aromatic carbocycles. The minimum absolute atomic E-state index is 0.207. The van der Waals surface area contributed by atoms with Gasteiger partial charge in [-0.25, -0.2) is 9.97 Å². The molecule has 7 heteroatoms. The summed E-state index contributed by atoms with van der Waals surface area (Å²) in [5.74, 6) is 0.636. The zero-order valence-electron chi connectivity index (χ0n) is 10.0. The molecule has 2 N–H and O–H groups in total. The van der Waals surface area contributed by atoms with E-state index in [1.165, 1.54) is 6.33 Å². The van der Waals surface area contributed by atoms with Gasteiger partial charge in [0.25, 0.3) is 0 Å². The number of hydrogen-bond donors (Lipinski definition) is 1. The topological polar surface area (TPSA) is 77.8 Å². The van der Waals surface area contributed by atoms with Crippen LogP contribution >= 0.6 is 23.2 Å².